The number of benzene rings is 2. The molecule has 0 aromatic heterocycles. The lowest BCUT2D eigenvalue weighted by Crippen LogP contribution is -2.34. The smallest absolute Gasteiger partial charge is 0.243 e. The van der Waals surface area contributed by atoms with Crippen molar-refractivity contribution >= 4 is 45.2 Å². The molecule has 0 atom stereocenters. The van der Waals surface area contributed by atoms with E-state index in [0.717, 1.165) is 14.9 Å². The van der Waals surface area contributed by atoms with E-state index in [1.165, 1.54) is 23.9 Å². The molecule has 2 N–H and O–H groups in total. The van der Waals surface area contributed by atoms with Gasteiger partial charge in [-0.25, -0.2) is 4.39 Å². The second kappa shape index (κ2) is 8.84. The molecule has 24 heavy (non-hydrogen) atoms. The third kappa shape index (κ3) is 5.98. The lowest BCUT2D eigenvalue weighted by atomic mass is 10.2. The Labute approximate surface area is 152 Å². The first kappa shape index (κ1) is 18.5. The van der Waals surface area contributed by atoms with E-state index in [0.29, 0.717) is 5.69 Å². The third-order valence-corrected chi connectivity index (χ3v) is 4.60. The molecule has 2 amide bonds. The lowest BCUT2D eigenvalue weighted by Gasteiger charge is -2.09. The highest BCUT2D eigenvalue weighted by molar-refractivity contribution is 9.10. The maximum Gasteiger partial charge on any atom is 0.243 e. The fourth-order valence-electron chi connectivity index (χ4n) is 1.87. The number of carbonyl (C=O) groups is 2. The number of nitrogens with one attached hydrogen (secondary N) is 2. The van der Waals surface area contributed by atoms with E-state index in [9.17, 15) is 14.0 Å². The minimum absolute atomic E-state index is 0.0989. The molecule has 0 heterocycles. The first-order chi connectivity index (χ1) is 11.4. The van der Waals surface area contributed by atoms with Crippen molar-refractivity contribution in [1.29, 1.82) is 0 Å². The van der Waals surface area contributed by atoms with Gasteiger partial charge in [0.25, 0.3) is 0 Å². The van der Waals surface area contributed by atoms with E-state index in [2.05, 4.69) is 26.6 Å². The predicted octanol–water partition coefficient (Wildman–Crippen LogP) is 3.74. The predicted molar refractivity (Wildman–Crippen MR) is 97.6 cm³/mol. The summed E-state index contributed by atoms with van der Waals surface area (Å²) in [4.78, 5) is 24.4. The summed E-state index contributed by atoms with van der Waals surface area (Å²) < 4.78 is 13.7. The van der Waals surface area contributed by atoms with Crippen molar-refractivity contribution in [3.63, 3.8) is 0 Å². The van der Waals surface area contributed by atoms with Gasteiger partial charge in [-0.05, 0) is 55.0 Å². The zero-order chi connectivity index (χ0) is 17.5. The zero-order valence-corrected chi connectivity index (χ0v) is 15.3. The molecule has 4 nitrogen and oxygen atoms in total. The Morgan fingerprint density at radius 3 is 2.50 bits per heavy atom. The Morgan fingerprint density at radius 1 is 1.12 bits per heavy atom. The number of aryl methyl sites for hydroxylation is 1. The van der Waals surface area contributed by atoms with Crippen LogP contribution >= 0.6 is 27.7 Å². The molecule has 0 spiro atoms. The van der Waals surface area contributed by atoms with Gasteiger partial charge in [0.15, 0.2) is 0 Å². The van der Waals surface area contributed by atoms with Crippen LogP contribution in [0.25, 0.3) is 0 Å². The summed E-state index contributed by atoms with van der Waals surface area (Å²) in [6.45, 7) is 1.79. The monoisotopic (exact) mass is 410 g/mol. The quantitative estimate of drug-likeness (QED) is 0.713. The number of anilines is 1. The molecule has 2 rings (SSSR count). The molecule has 2 aromatic rings. The van der Waals surface area contributed by atoms with Crippen LogP contribution in [0.3, 0.4) is 0 Å². The Bertz CT molecular complexity index is 738. The maximum absolute atomic E-state index is 12.8. The minimum atomic E-state index is -0.316. The van der Waals surface area contributed by atoms with Crippen molar-refractivity contribution in [3.05, 3.63) is 58.3 Å². The molecule has 2 aromatic carbocycles. The number of rotatable bonds is 6. The molecular weight excluding hydrogens is 395 g/mol. The molecule has 0 bridgehead atoms. The van der Waals surface area contributed by atoms with Gasteiger partial charge in [-0.1, -0.05) is 15.9 Å². The summed E-state index contributed by atoms with van der Waals surface area (Å²) in [5.41, 5.74) is 1.63. The summed E-state index contributed by atoms with van der Waals surface area (Å²) in [7, 11) is 0. The molecule has 0 fully saturated rings. The highest BCUT2D eigenvalue weighted by Crippen LogP contribution is 2.20. The van der Waals surface area contributed by atoms with Gasteiger partial charge in [-0.3, -0.25) is 9.59 Å². The standard InChI is InChI=1S/C17H16BrFN2O2S/c1-11-8-12(18)2-7-15(11)21-16(22)9-20-17(23)10-24-14-5-3-13(19)4-6-14/h2-8H,9-10H2,1H3,(H,20,23)(H,21,22). The number of hydrogen-bond acceptors (Lipinski definition) is 3. The lowest BCUT2D eigenvalue weighted by molar-refractivity contribution is -0.122. The Morgan fingerprint density at radius 2 is 1.83 bits per heavy atom. The van der Waals surface area contributed by atoms with Crippen molar-refractivity contribution in [2.75, 3.05) is 17.6 Å². The Balaban J connectivity index is 1.74. The maximum atomic E-state index is 12.8. The first-order valence-corrected chi connectivity index (χ1v) is 8.93. The van der Waals surface area contributed by atoms with Gasteiger partial charge >= 0.3 is 0 Å². The number of hydrogen-bond donors (Lipinski definition) is 2. The van der Waals surface area contributed by atoms with E-state index in [4.69, 9.17) is 0 Å². The zero-order valence-electron chi connectivity index (χ0n) is 12.9. The SMILES string of the molecule is Cc1cc(Br)ccc1NC(=O)CNC(=O)CSc1ccc(F)cc1. The first-order valence-electron chi connectivity index (χ1n) is 7.15. The van der Waals surface area contributed by atoms with Crippen LogP contribution in [0.4, 0.5) is 10.1 Å². The summed E-state index contributed by atoms with van der Waals surface area (Å²) in [5, 5.41) is 5.31. The normalized spacial score (nSPS) is 10.3. The van der Waals surface area contributed by atoms with Gasteiger partial charge in [0.2, 0.25) is 11.8 Å². The van der Waals surface area contributed by atoms with Gasteiger partial charge in [0.05, 0.1) is 12.3 Å². The third-order valence-electron chi connectivity index (χ3n) is 3.09. The fraction of sp³-hybridized carbons (Fsp3) is 0.176. The van der Waals surface area contributed by atoms with Gasteiger partial charge in [0, 0.05) is 15.1 Å². The van der Waals surface area contributed by atoms with Crippen molar-refractivity contribution in [3.8, 4) is 0 Å². The molecule has 0 aliphatic rings. The topological polar surface area (TPSA) is 58.2 Å². The highest BCUT2D eigenvalue weighted by Gasteiger charge is 2.08. The van der Waals surface area contributed by atoms with Crippen LogP contribution in [-0.4, -0.2) is 24.1 Å². The van der Waals surface area contributed by atoms with Crippen LogP contribution < -0.4 is 10.6 Å². The molecule has 126 valence electrons. The highest BCUT2D eigenvalue weighted by atomic mass is 79.9. The largest absolute Gasteiger partial charge is 0.346 e. The average Bonchev–Trinajstić information content (AvgIpc) is 2.55. The molecule has 0 aliphatic carbocycles. The van der Waals surface area contributed by atoms with Gasteiger partial charge in [-0.2, -0.15) is 0 Å². The molecule has 0 saturated carbocycles. The van der Waals surface area contributed by atoms with Crippen molar-refractivity contribution in [1.82, 2.24) is 5.32 Å². The Kier molecular flexibility index (Phi) is 6.81. The van der Waals surface area contributed by atoms with E-state index in [1.807, 2.05) is 19.1 Å². The summed E-state index contributed by atoms with van der Waals surface area (Å²) in [6, 6.07) is 11.4. The second-order valence-corrected chi connectivity index (χ2v) is 6.99. The summed E-state index contributed by atoms with van der Waals surface area (Å²) >= 11 is 4.64. The fourth-order valence-corrected chi connectivity index (χ4v) is 3.08. The van der Waals surface area contributed by atoms with Crippen LogP contribution in [0.15, 0.2) is 51.8 Å². The van der Waals surface area contributed by atoms with Crippen LogP contribution in [0, 0.1) is 12.7 Å². The minimum Gasteiger partial charge on any atom is -0.346 e. The number of amides is 2. The van der Waals surface area contributed by atoms with Crippen molar-refractivity contribution in [2.24, 2.45) is 0 Å². The van der Waals surface area contributed by atoms with Gasteiger partial charge in [0.1, 0.15) is 5.82 Å². The second-order valence-electron chi connectivity index (χ2n) is 5.03. The molecular formula is C17H16BrFN2O2S. The van der Waals surface area contributed by atoms with E-state index in [1.54, 1.807) is 18.2 Å². The van der Waals surface area contributed by atoms with E-state index < -0.39 is 0 Å². The van der Waals surface area contributed by atoms with Crippen molar-refractivity contribution in [2.45, 2.75) is 11.8 Å². The van der Waals surface area contributed by atoms with E-state index >= 15 is 0 Å². The summed E-state index contributed by atoms with van der Waals surface area (Å²) in [5.74, 6) is -0.702. The molecule has 0 unspecified atom stereocenters. The molecule has 0 aliphatic heterocycles. The summed E-state index contributed by atoms with van der Waals surface area (Å²) in [6.07, 6.45) is 0. The molecule has 0 saturated heterocycles. The molecule has 0 radical (unpaired) electrons. The van der Waals surface area contributed by atoms with Crippen LogP contribution in [-0.2, 0) is 9.59 Å². The number of thioether (sulfide) groups is 1. The Hall–Kier alpha value is -1.86. The van der Waals surface area contributed by atoms with Crippen LogP contribution in [0.1, 0.15) is 5.56 Å². The van der Waals surface area contributed by atoms with Gasteiger partial charge < -0.3 is 10.6 Å². The number of halogens is 2. The van der Waals surface area contributed by atoms with Gasteiger partial charge in [-0.15, -0.1) is 11.8 Å². The van der Waals surface area contributed by atoms with Crippen LogP contribution in [0.2, 0.25) is 0 Å². The van der Waals surface area contributed by atoms with Crippen molar-refractivity contribution < 1.29 is 14.0 Å². The number of carbonyl (C=O) groups excluding carboxylic acids is 2. The average molecular weight is 411 g/mol. The van der Waals surface area contributed by atoms with Crippen LogP contribution in [0.5, 0.6) is 0 Å². The van der Waals surface area contributed by atoms with E-state index in [-0.39, 0.29) is 29.9 Å². The molecule has 7 heteroatoms.